The third-order valence-corrected chi connectivity index (χ3v) is 7.17. The molecule has 0 spiro atoms. The van der Waals surface area contributed by atoms with E-state index >= 15 is 0 Å². The molecular formula is C21H26NSi. The summed E-state index contributed by atoms with van der Waals surface area (Å²) in [7, 11) is -0.529. The van der Waals surface area contributed by atoms with Crippen LogP contribution in [0.15, 0.2) is 60.7 Å². The van der Waals surface area contributed by atoms with E-state index < -0.39 is 8.80 Å². The Bertz CT molecular complexity index is 710. The lowest BCUT2D eigenvalue weighted by Crippen LogP contribution is -2.44. The van der Waals surface area contributed by atoms with Crippen molar-refractivity contribution in [1.82, 2.24) is 0 Å². The number of nitrogens with two attached hydrogens (primary N) is 1. The highest BCUT2D eigenvalue weighted by Gasteiger charge is 2.39. The Kier molecular flexibility index (Phi) is 4.30. The van der Waals surface area contributed by atoms with Gasteiger partial charge < -0.3 is 5.73 Å². The first kappa shape index (κ1) is 16.2. The molecule has 2 unspecified atom stereocenters. The van der Waals surface area contributed by atoms with Crippen LogP contribution in [0.1, 0.15) is 36.5 Å². The summed E-state index contributed by atoms with van der Waals surface area (Å²) in [5.74, 6) is 0.422. The average molecular weight is 321 g/mol. The molecule has 1 aliphatic rings. The molecule has 2 aromatic carbocycles. The van der Waals surface area contributed by atoms with E-state index in [1.807, 2.05) is 0 Å². The van der Waals surface area contributed by atoms with Crippen LogP contribution >= 0.6 is 0 Å². The highest BCUT2D eigenvalue weighted by molar-refractivity contribution is 6.58. The van der Waals surface area contributed by atoms with Crippen LogP contribution in [0.3, 0.4) is 0 Å². The predicted octanol–water partition coefficient (Wildman–Crippen LogP) is 5.08. The van der Waals surface area contributed by atoms with Gasteiger partial charge in [-0.1, -0.05) is 73.8 Å². The monoisotopic (exact) mass is 320 g/mol. The van der Waals surface area contributed by atoms with Gasteiger partial charge in [0, 0.05) is 20.3 Å². The van der Waals surface area contributed by atoms with Crippen molar-refractivity contribution in [3.8, 4) is 0 Å². The molecule has 1 nitrogen and oxygen atoms in total. The minimum atomic E-state index is -0.529. The summed E-state index contributed by atoms with van der Waals surface area (Å²) in [6.45, 7) is 9.15. The maximum absolute atomic E-state index is 6.60. The van der Waals surface area contributed by atoms with Crippen molar-refractivity contribution < 1.29 is 0 Å². The summed E-state index contributed by atoms with van der Waals surface area (Å²) < 4.78 is 0. The molecule has 2 heteroatoms. The molecule has 1 radical (unpaired) electrons. The van der Waals surface area contributed by atoms with Crippen LogP contribution in [-0.2, 0) is 0 Å². The molecule has 0 heterocycles. The van der Waals surface area contributed by atoms with Crippen LogP contribution in [0.4, 0.5) is 0 Å². The lowest BCUT2D eigenvalue weighted by Gasteiger charge is -2.37. The van der Waals surface area contributed by atoms with Crippen molar-refractivity contribution in [2.24, 2.45) is 5.73 Å². The van der Waals surface area contributed by atoms with E-state index in [9.17, 15) is 0 Å². The Balaban J connectivity index is 2.13. The zero-order chi connectivity index (χ0) is 16.6. The lowest BCUT2D eigenvalue weighted by atomic mass is 9.87. The number of benzene rings is 2. The van der Waals surface area contributed by atoms with Gasteiger partial charge in [-0.2, -0.15) is 0 Å². The molecular weight excluding hydrogens is 294 g/mol. The lowest BCUT2D eigenvalue weighted by molar-refractivity contribution is 0.448. The van der Waals surface area contributed by atoms with Gasteiger partial charge in [0.25, 0.3) is 0 Å². The fourth-order valence-electron chi connectivity index (χ4n) is 4.10. The number of hydrogen-bond acceptors (Lipinski definition) is 1. The first-order chi connectivity index (χ1) is 10.9. The van der Waals surface area contributed by atoms with Crippen LogP contribution in [0, 0.1) is 0 Å². The van der Waals surface area contributed by atoms with Gasteiger partial charge in [0.2, 0.25) is 0 Å². The second kappa shape index (κ2) is 6.10. The molecule has 0 saturated carbocycles. The standard InChI is InChI=1S/C21H26NSi/c1-21(2,22)20(23(3)4)19-14-18(15-10-6-5-7-11-15)16-12-8-9-13-17(16)19/h5-14,19-20H,22H2,1-4H3. The summed E-state index contributed by atoms with van der Waals surface area (Å²) in [4.78, 5) is 0. The van der Waals surface area contributed by atoms with Crippen LogP contribution in [0.25, 0.3) is 5.57 Å². The van der Waals surface area contributed by atoms with Crippen molar-refractivity contribution in [3.05, 3.63) is 77.4 Å². The predicted molar refractivity (Wildman–Crippen MR) is 102 cm³/mol. The third kappa shape index (κ3) is 3.06. The summed E-state index contributed by atoms with van der Waals surface area (Å²) in [6.07, 6.45) is 2.47. The van der Waals surface area contributed by atoms with E-state index in [1.165, 1.54) is 22.3 Å². The highest BCUT2D eigenvalue weighted by atomic mass is 28.3. The van der Waals surface area contributed by atoms with Gasteiger partial charge in [-0.05, 0) is 41.7 Å². The van der Waals surface area contributed by atoms with Gasteiger partial charge in [-0.25, -0.2) is 0 Å². The van der Waals surface area contributed by atoms with Crippen molar-refractivity contribution in [2.45, 2.75) is 43.9 Å². The molecule has 119 valence electrons. The van der Waals surface area contributed by atoms with E-state index in [0.29, 0.717) is 11.5 Å². The minimum absolute atomic E-state index is 0.168. The smallest absolute Gasteiger partial charge is 0.0479 e. The topological polar surface area (TPSA) is 26.0 Å². The average Bonchev–Trinajstić information content (AvgIpc) is 2.86. The molecule has 3 rings (SSSR count). The summed E-state index contributed by atoms with van der Waals surface area (Å²) in [5, 5.41) is 0. The summed E-state index contributed by atoms with van der Waals surface area (Å²) in [5.41, 5.74) is 12.4. The van der Waals surface area contributed by atoms with Gasteiger partial charge in [-0.3, -0.25) is 0 Å². The Labute approximate surface area is 141 Å². The van der Waals surface area contributed by atoms with Crippen molar-refractivity contribution in [3.63, 3.8) is 0 Å². The molecule has 2 N–H and O–H groups in total. The number of allylic oxidation sites excluding steroid dienone is 1. The van der Waals surface area contributed by atoms with Crippen molar-refractivity contribution in [1.29, 1.82) is 0 Å². The van der Waals surface area contributed by atoms with E-state index in [0.717, 1.165) is 0 Å². The molecule has 0 fully saturated rings. The second-order valence-electron chi connectivity index (χ2n) is 7.44. The molecule has 0 bridgehead atoms. The normalized spacial score (nSPS) is 18.7. The Morgan fingerprint density at radius 3 is 2.17 bits per heavy atom. The van der Waals surface area contributed by atoms with Crippen molar-refractivity contribution in [2.75, 3.05) is 0 Å². The number of fused-ring (bicyclic) bond motifs is 1. The number of rotatable bonds is 4. The fraction of sp³-hybridized carbons (Fsp3) is 0.333. The van der Waals surface area contributed by atoms with E-state index in [-0.39, 0.29) is 5.54 Å². The van der Waals surface area contributed by atoms with Crippen LogP contribution in [0.2, 0.25) is 18.6 Å². The molecule has 0 aromatic heterocycles. The first-order valence-corrected chi connectivity index (χ1v) is 10.9. The minimum Gasteiger partial charge on any atom is -0.326 e. The molecule has 23 heavy (non-hydrogen) atoms. The molecule has 1 aliphatic carbocycles. The van der Waals surface area contributed by atoms with Gasteiger partial charge in [0.15, 0.2) is 0 Å². The van der Waals surface area contributed by atoms with Gasteiger partial charge >= 0.3 is 0 Å². The van der Waals surface area contributed by atoms with Crippen LogP contribution < -0.4 is 5.73 Å². The SMILES string of the molecule is C[Si](C)C(C1C=C(c2ccccc2)c2ccccc21)C(C)(C)N. The second-order valence-corrected chi connectivity index (χ2v) is 10.2. The maximum atomic E-state index is 6.60. The largest absolute Gasteiger partial charge is 0.326 e. The molecule has 0 aliphatic heterocycles. The van der Waals surface area contributed by atoms with E-state index in [1.54, 1.807) is 0 Å². The summed E-state index contributed by atoms with van der Waals surface area (Å²) >= 11 is 0. The number of hydrogen-bond donors (Lipinski definition) is 1. The third-order valence-electron chi connectivity index (χ3n) is 4.82. The zero-order valence-electron chi connectivity index (χ0n) is 14.5. The summed E-state index contributed by atoms with van der Waals surface area (Å²) in [6, 6.07) is 19.6. The molecule has 0 amide bonds. The maximum Gasteiger partial charge on any atom is 0.0479 e. The van der Waals surface area contributed by atoms with Crippen LogP contribution in [0.5, 0.6) is 0 Å². The molecule has 2 aromatic rings. The van der Waals surface area contributed by atoms with Gasteiger partial charge in [-0.15, -0.1) is 0 Å². The fourth-order valence-corrected chi connectivity index (χ4v) is 6.59. The van der Waals surface area contributed by atoms with E-state index in [4.69, 9.17) is 5.73 Å². The molecule has 2 atom stereocenters. The Morgan fingerprint density at radius 1 is 0.957 bits per heavy atom. The van der Waals surface area contributed by atoms with Gasteiger partial charge in [0.05, 0.1) is 0 Å². The zero-order valence-corrected chi connectivity index (χ0v) is 15.5. The van der Waals surface area contributed by atoms with Crippen LogP contribution in [-0.4, -0.2) is 14.3 Å². The van der Waals surface area contributed by atoms with Gasteiger partial charge in [0.1, 0.15) is 0 Å². The van der Waals surface area contributed by atoms with Crippen molar-refractivity contribution >= 4 is 14.4 Å². The first-order valence-electron chi connectivity index (χ1n) is 8.35. The quantitative estimate of drug-likeness (QED) is 0.781. The highest BCUT2D eigenvalue weighted by Crippen LogP contribution is 2.48. The Hall–Kier alpha value is -1.64. The van der Waals surface area contributed by atoms with E-state index in [2.05, 4.69) is 87.6 Å². The Morgan fingerprint density at radius 2 is 1.57 bits per heavy atom. The molecule has 0 saturated heterocycles.